The number of carbonyl (C=O) groups excluding carboxylic acids is 1. The zero-order valence-electron chi connectivity index (χ0n) is 13.5. The number of allylic oxidation sites excluding steroid dienone is 3. The van der Waals surface area contributed by atoms with Crippen LogP contribution < -0.4 is 5.32 Å². The van der Waals surface area contributed by atoms with E-state index in [1.807, 2.05) is 0 Å². The minimum atomic E-state index is -0.814. The largest absolute Gasteiger partial charge is 0.460 e. The molecule has 7 heteroatoms. The maximum absolute atomic E-state index is 12.5. The SMILES string of the molecule is CC1=C(C(=O)OC(C)C)C(c2cccnc2)C([N+](=O)[O-])=C(C)N1. The highest BCUT2D eigenvalue weighted by molar-refractivity contribution is 5.92. The Morgan fingerprint density at radius 1 is 1.39 bits per heavy atom. The predicted molar refractivity (Wildman–Crippen MR) is 83.7 cm³/mol. The molecular formula is C16H19N3O4. The van der Waals surface area contributed by atoms with E-state index >= 15 is 0 Å². The molecule has 0 aliphatic carbocycles. The zero-order valence-corrected chi connectivity index (χ0v) is 13.5. The minimum Gasteiger partial charge on any atom is -0.460 e. The third kappa shape index (κ3) is 3.39. The van der Waals surface area contributed by atoms with Gasteiger partial charge in [0.2, 0.25) is 0 Å². The van der Waals surface area contributed by atoms with Crippen LogP contribution in [0.1, 0.15) is 39.2 Å². The van der Waals surface area contributed by atoms with Gasteiger partial charge in [-0.3, -0.25) is 15.1 Å². The first-order valence-corrected chi connectivity index (χ1v) is 7.26. The molecule has 1 aliphatic rings. The summed E-state index contributed by atoms with van der Waals surface area (Å²) in [6, 6.07) is 3.40. The van der Waals surface area contributed by atoms with Gasteiger partial charge in [-0.1, -0.05) is 6.07 Å². The van der Waals surface area contributed by atoms with Crippen LogP contribution in [-0.2, 0) is 9.53 Å². The normalized spacial score (nSPS) is 18.0. The third-order valence-electron chi connectivity index (χ3n) is 3.50. The number of carbonyl (C=O) groups is 1. The lowest BCUT2D eigenvalue weighted by molar-refractivity contribution is -0.431. The lowest BCUT2D eigenvalue weighted by Crippen LogP contribution is -2.32. The maximum atomic E-state index is 12.5. The third-order valence-corrected chi connectivity index (χ3v) is 3.50. The van der Waals surface area contributed by atoms with Crippen LogP contribution in [0.4, 0.5) is 0 Å². The van der Waals surface area contributed by atoms with Crippen LogP contribution in [-0.4, -0.2) is 22.0 Å². The molecule has 1 atom stereocenters. The van der Waals surface area contributed by atoms with Crippen molar-refractivity contribution < 1.29 is 14.5 Å². The number of hydrogen-bond acceptors (Lipinski definition) is 6. The maximum Gasteiger partial charge on any atom is 0.337 e. The number of nitrogens with one attached hydrogen (secondary N) is 1. The summed E-state index contributed by atoms with van der Waals surface area (Å²) in [6.07, 6.45) is 2.79. The Bertz CT molecular complexity index is 693. The second kappa shape index (κ2) is 6.60. The number of aromatic nitrogens is 1. The summed E-state index contributed by atoms with van der Waals surface area (Å²) in [5.74, 6) is -1.38. The molecule has 0 aromatic carbocycles. The van der Waals surface area contributed by atoms with Gasteiger partial charge >= 0.3 is 5.97 Å². The summed E-state index contributed by atoms with van der Waals surface area (Å²) in [6.45, 7) is 6.80. The molecule has 0 amide bonds. The van der Waals surface area contributed by atoms with Crippen LogP contribution in [0, 0.1) is 10.1 Å². The fourth-order valence-electron chi connectivity index (χ4n) is 2.64. The number of nitro groups is 1. The topological polar surface area (TPSA) is 94.4 Å². The molecule has 0 radical (unpaired) electrons. The van der Waals surface area contributed by atoms with E-state index in [0.29, 0.717) is 17.0 Å². The van der Waals surface area contributed by atoms with E-state index in [1.54, 1.807) is 46.0 Å². The summed E-state index contributed by atoms with van der Waals surface area (Å²) >= 11 is 0. The van der Waals surface area contributed by atoms with Gasteiger partial charge in [0.1, 0.15) is 5.92 Å². The van der Waals surface area contributed by atoms with Crippen molar-refractivity contribution >= 4 is 5.97 Å². The van der Waals surface area contributed by atoms with Crippen LogP contribution in [0.25, 0.3) is 0 Å². The Balaban J connectivity index is 2.60. The Morgan fingerprint density at radius 2 is 2.09 bits per heavy atom. The summed E-state index contributed by atoms with van der Waals surface area (Å²) in [5.41, 5.74) is 1.70. The van der Waals surface area contributed by atoms with E-state index in [0.717, 1.165) is 0 Å². The molecule has 1 aliphatic heterocycles. The van der Waals surface area contributed by atoms with Gasteiger partial charge in [-0.15, -0.1) is 0 Å². The van der Waals surface area contributed by atoms with Gasteiger partial charge in [-0.25, -0.2) is 4.79 Å². The van der Waals surface area contributed by atoms with Gasteiger partial charge in [-0.05, 0) is 39.3 Å². The molecule has 7 nitrogen and oxygen atoms in total. The highest BCUT2D eigenvalue weighted by atomic mass is 16.6. The molecule has 2 heterocycles. The predicted octanol–water partition coefficient (Wildman–Crippen LogP) is 2.50. The Morgan fingerprint density at radius 3 is 2.61 bits per heavy atom. The molecule has 1 aromatic rings. The standard InChI is InChI=1S/C16H19N3O4/c1-9(2)23-16(20)13-10(3)18-11(4)15(19(21)22)14(13)12-6-5-7-17-8-12/h5-9,14,18H,1-4H3. The van der Waals surface area contributed by atoms with Crippen molar-refractivity contribution in [1.82, 2.24) is 10.3 Å². The van der Waals surface area contributed by atoms with E-state index < -0.39 is 16.8 Å². The van der Waals surface area contributed by atoms with Gasteiger partial charge in [0, 0.05) is 18.1 Å². The number of pyridine rings is 1. The first-order valence-electron chi connectivity index (χ1n) is 7.26. The van der Waals surface area contributed by atoms with Crippen molar-refractivity contribution in [2.24, 2.45) is 0 Å². The van der Waals surface area contributed by atoms with E-state index in [9.17, 15) is 14.9 Å². The average molecular weight is 317 g/mol. The minimum absolute atomic E-state index is 0.0701. The Kier molecular flexibility index (Phi) is 4.78. The van der Waals surface area contributed by atoms with Gasteiger partial charge in [-0.2, -0.15) is 0 Å². The van der Waals surface area contributed by atoms with Crippen molar-refractivity contribution in [3.63, 3.8) is 0 Å². The fraction of sp³-hybridized carbons (Fsp3) is 0.375. The fourth-order valence-corrected chi connectivity index (χ4v) is 2.64. The van der Waals surface area contributed by atoms with E-state index in [1.165, 1.54) is 6.20 Å². The molecular weight excluding hydrogens is 298 g/mol. The molecule has 1 aromatic heterocycles. The molecule has 2 rings (SSSR count). The highest BCUT2D eigenvalue weighted by Gasteiger charge is 2.41. The lowest BCUT2D eigenvalue weighted by atomic mass is 9.85. The van der Waals surface area contributed by atoms with Crippen LogP contribution in [0.15, 0.2) is 47.2 Å². The van der Waals surface area contributed by atoms with Crippen LogP contribution >= 0.6 is 0 Å². The number of dihydropyridines is 1. The molecule has 0 fully saturated rings. The van der Waals surface area contributed by atoms with Gasteiger partial charge < -0.3 is 10.1 Å². The van der Waals surface area contributed by atoms with Crippen molar-refractivity contribution in [1.29, 1.82) is 0 Å². The Labute approximate surface area is 134 Å². The Hall–Kier alpha value is -2.70. The second-order valence-corrected chi connectivity index (χ2v) is 5.60. The molecule has 1 unspecified atom stereocenters. The molecule has 0 bridgehead atoms. The van der Waals surface area contributed by atoms with Crippen LogP contribution in [0.5, 0.6) is 0 Å². The van der Waals surface area contributed by atoms with Crippen LogP contribution in [0.2, 0.25) is 0 Å². The highest BCUT2D eigenvalue weighted by Crippen LogP contribution is 2.38. The van der Waals surface area contributed by atoms with Crippen molar-refractivity contribution in [3.8, 4) is 0 Å². The van der Waals surface area contributed by atoms with E-state index in [-0.39, 0.29) is 17.4 Å². The van der Waals surface area contributed by atoms with Crippen molar-refractivity contribution in [2.75, 3.05) is 0 Å². The number of esters is 1. The molecule has 1 N–H and O–H groups in total. The molecule has 23 heavy (non-hydrogen) atoms. The van der Waals surface area contributed by atoms with Gasteiger partial charge in [0.05, 0.1) is 22.3 Å². The molecule has 0 spiro atoms. The number of nitrogens with zero attached hydrogens (tertiary/aromatic N) is 2. The quantitative estimate of drug-likeness (QED) is 0.521. The monoisotopic (exact) mass is 317 g/mol. The number of ether oxygens (including phenoxy) is 1. The second-order valence-electron chi connectivity index (χ2n) is 5.60. The number of hydrogen-bond donors (Lipinski definition) is 1. The van der Waals surface area contributed by atoms with Gasteiger partial charge in [0.15, 0.2) is 0 Å². The summed E-state index contributed by atoms with van der Waals surface area (Å²) in [5, 5.41) is 14.5. The first-order chi connectivity index (χ1) is 10.8. The van der Waals surface area contributed by atoms with Crippen molar-refractivity contribution in [3.05, 3.63) is 62.9 Å². The molecule has 0 saturated heterocycles. The van der Waals surface area contributed by atoms with E-state index in [4.69, 9.17) is 4.74 Å². The van der Waals surface area contributed by atoms with Crippen molar-refractivity contribution in [2.45, 2.75) is 39.7 Å². The van der Waals surface area contributed by atoms with Gasteiger partial charge in [0.25, 0.3) is 5.70 Å². The average Bonchev–Trinajstić information content (AvgIpc) is 2.45. The zero-order chi connectivity index (χ0) is 17.1. The first kappa shape index (κ1) is 16.7. The van der Waals surface area contributed by atoms with E-state index in [2.05, 4.69) is 10.3 Å². The summed E-state index contributed by atoms with van der Waals surface area (Å²) in [7, 11) is 0. The summed E-state index contributed by atoms with van der Waals surface area (Å²) < 4.78 is 5.27. The smallest absolute Gasteiger partial charge is 0.337 e. The molecule has 122 valence electrons. The summed E-state index contributed by atoms with van der Waals surface area (Å²) in [4.78, 5) is 27.6. The van der Waals surface area contributed by atoms with Crippen LogP contribution in [0.3, 0.4) is 0 Å². The molecule has 0 saturated carbocycles. The number of rotatable bonds is 4. The lowest BCUT2D eigenvalue weighted by Gasteiger charge is -2.26.